The highest BCUT2D eigenvalue weighted by Crippen LogP contribution is 2.28. The first kappa shape index (κ1) is 15.1. The zero-order valence-corrected chi connectivity index (χ0v) is 11.6. The van der Waals surface area contributed by atoms with E-state index in [9.17, 15) is 0 Å². The molecule has 3 N–H and O–H groups in total. The Bertz CT molecular complexity index is 419. The van der Waals surface area contributed by atoms with Crippen LogP contribution >= 0.6 is 0 Å². The van der Waals surface area contributed by atoms with Gasteiger partial charge in [0.1, 0.15) is 0 Å². The van der Waals surface area contributed by atoms with Gasteiger partial charge in [0.15, 0.2) is 17.3 Å². The predicted octanol–water partition coefficient (Wildman–Crippen LogP) is 2.75. The van der Waals surface area contributed by atoms with Crippen molar-refractivity contribution in [1.82, 2.24) is 0 Å². The number of unbranched alkanes of at least 4 members (excludes halogenated alkanes) is 3. The van der Waals surface area contributed by atoms with Gasteiger partial charge in [-0.25, -0.2) is 0 Å². The van der Waals surface area contributed by atoms with E-state index >= 15 is 0 Å². The summed E-state index contributed by atoms with van der Waals surface area (Å²) in [5.74, 6) is 1.31. The molecule has 0 aliphatic heterocycles. The van der Waals surface area contributed by atoms with Gasteiger partial charge >= 0.3 is 0 Å². The van der Waals surface area contributed by atoms with Crippen molar-refractivity contribution >= 4 is 5.84 Å². The molecule has 0 amide bonds. The average molecular weight is 266 g/mol. The van der Waals surface area contributed by atoms with Gasteiger partial charge in [-0.15, -0.1) is 0 Å². The SMILES string of the molecule is CCCCCCOc1ccc(/C(N)=N/O)cc1OC. The van der Waals surface area contributed by atoms with Crippen LogP contribution in [0.1, 0.15) is 38.2 Å². The van der Waals surface area contributed by atoms with Crippen molar-refractivity contribution in [3.63, 3.8) is 0 Å². The topological polar surface area (TPSA) is 77.1 Å². The Morgan fingerprint density at radius 3 is 2.68 bits per heavy atom. The van der Waals surface area contributed by atoms with E-state index in [0.717, 1.165) is 6.42 Å². The summed E-state index contributed by atoms with van der Waals surface area (Å²) in [7, 11) is 1.56. The lowest BCUT2D eigenvalue weighted by atomic mass is 10.2. The molecular formula is C14H22N2O3. The van der Waals surface area contributed by atoms with E-state index in [1.54, 1.807) is 25.3 Å². The number of oxime groups is 1. The number of methoxy groups -OCH3 is 1. The second kappa shape index (κ2) is 8.24. The van der Waals surface area contributed by atoms with Gasteiger partial charge in [0.25, 0.3) is 0 Å². The van der Waals surface area contributed by atoms with E-state index in [2.05, 4.69) is 12.1 Å². The number of ether oxygens (including phenoxy) is 2. The maximum atomic E-state index is 8.64. The normalized spacial score (nSPS) is 11.4. The summed E-state index contributed by atoms with van der Waals surface area (Å²) < 4.78 is 10.9. The number of nitrogens with zero attached hydrogens (tertiary/aromatic N) is 1. The van der Waals surface area contributed by atoms with Crippen molar-refractivity contribution in [1.29, 1.82) is 0 Å². The van der Waals surface area contributed by atoms with Crippen LogP contribution in [0.2, 0.25) is 0 Å². The lowest BCUT2D eigenvalue weighted by molar-refractivity contribution is 0.285. The molecular weight excluding hydrogens is 244 g/mol. The summed E-state index contributed by atoms with van der Waals surface area (Å²) >= 11 is 0. The van der Waals surface area contributed by atoms with Gasteiger partial charge in [-0.05, 0) is 24.6 Å². The Kier molecular flexibility index (Phi) is 6.57. The van der Waals surface area contributed by atoms with Crippen LogP contribution in [-0.4, -0.2) is 24.8 Å². The van der Waals surface area contributed by atoms with E-state index in [-0.39, 0.29) is 5.84 Å². The number of hydrogen-bond acceptors (Lipinski definition) is 4. The molecule has 0 heterocycles. The molecule has 0 radical (unpaired) electrons. The van der Waals surface area contributed by atoms with Crippen LogP contribution in [0.3, 0.4) is 0 Å². The second-order valence-electron chi connectivity index (χ2n) is 4.26. The molecule has 0 fully saturated rings. The minimum atomic E-state index is 0.0489. The quantitative estimate of drug-likeness (QED) is 0.249. The Balaban J connectivity index is 2.63. The van der Waals surface area contributed by atoms with E-state index in [4.69, 9.17) is 20.4 Å². The molecule has 0 spiro atoms. The van der Waals surface area contributed by atoms with Gasteiger partial charge in [0, 0.05) is 5.56 Å². The molecule has 0 saturated heterocycles. The van der Waals surface area contributed by atoms with Crippen molar-refractivity contribution in [2.75, 3.05) is 13.7 Å². The monoisotopic (exact) mass is 266 g/mol. The van der Waals surface area contributed by atoms with Gasteiger partial charge in [-0.1, -0.05) is 31.3 Å². The second-order valence-corrected chi connectivity index (χ2v) is 4.26. The van der Waals surface area contributed by atoms with Gasteiger partial charge in [0.2, 0.25) is 0 Å². The molecule has 0 aromatic heterocycles. The van der Waals surface area contributed by atoms with Crippen molar-refractivity contribution in [2.24, 2.45) is 10.9 Å². The molecule has 5 heteroatoms. The maximum Gasteiger partial charge on any atom is 0.170 e. The molecule has 0 saturated carbocycles. The Morgan fingerprint density at radius 2 is 2.05 bits per heavy atom. The van der Waals surface area contributed by atoms with Gasteiger partial charge in [0.05, 0.1) is 13.7 Å². The van der Waals surface area contributed by atoms with Crippen LogP contribution in [0.25, 0.3) is 0 Å². The predicted molar refractivity (Wildman–Crippen MR) is 75.1 cm³/mol. The number of hydrogen-bond donors (Lipinski definition) is 2. The molecule has 0 aliphatic carbocycles. The fourth-order valence-corrected chi connectivity index (χ4v) is 1.71. The third-order valence-electron chi connectivity index (χ3n) is 2.82. The molecule has 0 unspecified atom stereocenters. The van der Waals surface area contributed by atoms with E-state index in [0.29, 0.717) is 23.7 Å². The molecule has 0 bridgehead atoms. The fraction of sp³-hybridized carbons (Fsp3) is 0.500. The molecule has 1 rings (SSSR count). The summed E-state index contributed by atoms with van der Waals surface area (Å²) in [6.07, 6.45) is 4.63. The van der Waals surface area contributed by atoms with Crippen LogP contribution in [0, 0.1) is 0 Å². The Hall–Kier alpha value is -1.91. The lowest BCUT2D eigenvalue weighted by Gasteiger charge is -2.11. The van der Waals surface area contributed by atoms with Crippen LogP contribution in [0.5, 0.6) is 11.5 Å². The maximum absolute atomic E-state index is 8.64. The van der Waals surface area contributed by atoms with Crippen LogP contribution < -0.4 is 15.2 Å². The highest BCUT2D eigenvalue weighted by molar-refractivity contribution is 5.97. The smallest absolute Gasteiger partial charge is 0.170 e. The zero-order valence-electron chi connectivity index (χ0n) is 11.6. The number of amidine groups is 1. The van der Waals surface area contributed by atoms with E-state index in [1.165, 1.54) is 19.3 Å². The summed E-state index contributed by atoms with van der Waals surface area (Å²) in [4.78, 5) is 0. The van der Waals surface area contributed by atoms with Gasteiger partial charge < -0.3 is 20.4 Å². The number of nitrogens with two attached hydrogens (primary N) is 1. The summed E-state index contributed by atoms with van der Waals surface area (Å²) in [5.41, 5.74) is 6.12. The van der Waals surface area contributed by atoms with Crippen molar-refractivity contribution in [3.8, 4) is 11.5 Å². The Labute approximate surface area is 114 Å². The fourth-order valence-electron chi connectivity index (χ4n) is 1.71. The molecule has 106 valence electrons. The van der Waals surface area contributed by atoms with Gasteiger partial charge in [-0.2, -0.15) is 0 Å². The molecule has 0 aliphatic rings. The first-order chi connectivity index (χ1) is 9.22. The van der Waals surface area contributed by atoms with E-state index in [1.807, 2.05) is 0 Å². The minimum absolute atomic E-state index is 0.0489. The third-order valence-corrected chi connectivity index (χ3v) is 2.82. The summed E-state index contributed by atoms with van der Waals surface area (Å²) in [5, 5.41) is 11.6. The van der Waals surface area contributed by atoms with Crippen molar-refractivity contribution in [2.45, 2.75) is 32.6 Å². The van der Waals surface area contributed by atoms with Gasteiger partial charge in [-0.3, -0.25) is 0 Å². The lowest BCUT2D eigenvalue weighted by Crippen LogP contribution is -2.13. The largest absolute Gasteiger partial charge is 0.493 e. The molecule has 1 aromatic carbocycles. The first-order valence-electron chi connectivity index (χ1n) is 6.51. The minimum Gasteiger partial charge on any atom is -0.493 e. The standard InChI is InChI=1S/C14H22N2O3/c1-3-4-5-6-9-19-12-8-7-11(14(15)16-17)10-13(12)18-2/h7-8,10,17H,3-6,9H2,1-2H3,(H2,15,16). The van der Waals surface area contributed by atoms with Crippen LogP contribution in [-0.2, 0) is 0 Å². The van der Waals surface area contributed by atoms with E-state index < -0.39 is 0 Å². The molecule has 5 nitrogen and oxygen atoms in total. The molecule has 19 heavy (non-hydrogen) atoms. The zero-order chi connectivity index (χ0) is 14.1. The third kappa shape index (κ3) is 4.69. The molecule has 0 atom stereocenters. The van der Waals surface area contributed by atoms with Crippen molar-refractivity contribution in [3.05, 3.63) is 23.8 Å². The molecule has 1 aromatic rings. The van der Waals surface area contributed by atoms with Crippen LogP contribution in [0.4, 0.5) is 0 Å². The van der Waals surface area contributed by atoms with Crippen molar-refractivity contribution < 1.29 is 14.7 Å². The van der Waals surface area contributed by atoms with Crippen LogP contribution in [0.15, 0.2) is 23.4 Å². The first-order valence-corrected chi connectivity index (χ1v) is 6.51. The Morgan fingerprint density at radius 1 is 1.26 bits per heavy atom. The summed E-state index contributed by atoms with van der Waals surface area (Å²) in [6.45, 7) is 2.84. The number of benzene rings is 1. The average Bonchev–Trinajstić information content (AvgIpc) is 2.46. The highest BCUT2D eigenvalue weighted by Gasteiger charge is 2.08. The summed E-state index contributed by atoms with van der Waals surface area (Å²) in [6, 6.07) is 5.20. The number of rotatable bonds is 8. The highest BCUT2D eigenvalue weighted by atomic mass is 16.5.